The van der Waals surface area contributed by atoms with E-state index in [1.807, 2.05) is 0 Å². The number of unbranched alkanes of at least 4 members (excludes halogenated alkanes) is 2. The number of carbonyl (C=O) groups excluding carboxylic acids is 10. The molecule has 0 fully saturated rings. The Balaban J connectivity index is 0.00000106. The summed E-state index contributed by atoms with van der Waals surface area (Å²) in [6, 6.07) is 5.36. The van der Waals surface area contributed by atoms with Crippen molar-refractivity contribution in [2.45, 2.75) is 115 Å². The number of likely N-dealkylation sites (N-methyl/N-ethyl adjacent to an activating group) is 1. The summed E-state index contributed by atoms with van der Waals surface area (Å²) < 4.78 is 9.63. The number of guanidine groups is 1. The molecule has 2 aromatic heterocycles. The number of ether oxygens (including phenoxy) is 2. The van der Waals surface area contributed by atoms with Crippen LogP contribution in [0.25, 0.3) is 0 Å². The number of nitrogens with one attached hydrogen (secondary N) is 9. The number of hydrogen-bond donors (Lipinski definition) is 16. The first-order valence-corrected chi connectivity index (χ1v) is 29.2. The van der Waals surface area contributed by atoms with Crippen LogP contribution in [0.5, 0.6) is 0 Å². The van der Waals surface area contributed by atoms with Gasteiger partial charge in [0.15, 0.2) is 11.8 Å². The molecule has 0 aliphatic carbocycles. The first-order valence-electron chi connectivity index (χ1n) is 29.2. The van der Waals surface area contributed by atoms with E-state index >= 15 is 0 Å². The van der Waals surface area contributed by atoms with Crippen molar-refractivity contribution in [3.63, 3.8) is 0 Å². The summed E-state index contributed by atoms with van der Waals surface area (Å²) in [6.07, 6.45) is 5.18. The van der Waals surface area contributed by atoms with Crippen LogP contribution in [0.4, 0.5) is 11.5 Å². The number of benzene rings is 1. The molecule has 1 aliphatic rings. The number of rotatable bonds is 29. The van der Waals surface area contributed by atoms with E-state index in [2.05, 4.69) is 62.6 Å². The van der Waals surface area contributed by atoms with Crippen LogP contribution in [0, 0.1) is 11.4 Å². The fraction of sp³-hybridized carbons (Fsp3) is 0.500. The van der Waals surface area contributed by atoms with Crippen molar-refractivity contribution in [3.8, 4) is 0 Å². The Morgan fingerprint density at radius 3 is 2.05 bits per heavy atom. The molecule has 3 heterocycles. The molecular formula is C58H84N16O19Tc. The molecule has 3 aromatic rings. The van der Waals surface area contributed by atoms with Gasteiger partial charge in [-0.1, -0.05) is 20.3 Å². The number of esters is 2. The minimum Gasteiger partial charge on any atom is -0.481 e. The average molecular weight is 1410 g/mol. The molecule has 0 saturated heterocycles. The first kappa shape index (κ1) is 82.5. The molecule has 2 bridgehead atoms. The van der Waals surface area contributed by atoms with E-state index < -0.39 is 140 Å². The molecule has 1 unspecified atom stereocenters. The van der Waals surface area contributed by atoms with E-state index in [4.69, 9.17) is 46.9 Å². The van der Waals surface area contributed by atoms with Gasteiger partial charge in [0.05, 0.1) is 70.1 Å². The maximum absolute atomic E-state index is 14.0. The topological polar surface area (TPSA) is 550 Å². The number of amides is 8. The number of carboxylic acid groups (broad SMARTS) is 2. The number of pyridine rings is 2. The minimum absolute atomic E-state index is 0. The van der Waals surface area contributed by atoms with Gasteiger partial charge in [-0.3, -0.25) is 68.0 Å². The van der Waals surface area contributed by atoms with Gasteiger partial charge in [-0.15, -0.1) is 5.11 Å². The number of carboxylic acids is 2. The van der Waals surface area contributed by atoms with Crippen LogP contribution in [-0.2, 0) is 79.3 Å². The largest absolute Gasteiger partial charge is 0.481 e. The van der Waals surface area contributed by atoms with E-state index in [0.717, 1.165) is 4.90 Å². The summed E-state index contributed by atoms with van der Waals surface area (Å²) in [4.78, 5) is 163. The smallest absolute Gasteiger partial charge is 0.329 e. The summed E-state index contributed by atoms with van der Waals surface area (Å²) in [5.74, 6) is -9.24. The summed E-state index contributed by atoms with van der Waals surface area (Å²) in [5, 5.41) is 67.4. The van der Waals surface area contributed by atoms with Crippen molar-refractivity contribution < 1.29 is 113 Å². The van der Waals surface area contributed by atoms with Gasteiger partial charge in [0.1, 0.15) is 24.2 Å². The van der Waals surface area contributed by atoms with Crippen molar-refractivity contribution in [2.75, 3.05) is 71.6 Å². The number of hydrogen-bond acceptors (Lipinski definition) is 23. The number of fused-ring (bicyclic) bond motifs is 2. The number of nitrogens with zero attached hydrogens (tertiary/aromatic N) is 5. The number of aliphatic imine (C=N–C) groups is 1. The SMILES string of the molecule is CC(C)[C@H]1NC(=O)c2cc(cc(NC(=O)CCCCCNC(=O)c3ccc(N=N)nc3)c2)CNC(=O)[C@H](CC(=O)O)NC(=O)CNC(=O)[C@H](CCCN=C(N)N)N(C)C1=O.CCOC(=O)CC(NC(=O)c1ccncc1)C(=O)OCC.O=C(O)CNC(CO)(CO)CO.[Tc]. The average Bonchev–Trinajstić information content (AvgIpc) is 0.845. The molecule has 4 atom stereocenters. The Labute approximate surface area is 554 Å². The maximum atomic E-state index is 14.0. The van der Waals surface area contributed by atoms with Crippen LogP contribution < -0.4 is 54.0 Å². The third kappa shape index (κ3) is 30.8. The number of nitrogens with two attached hydrogens (primary N) is 2. The number of aliphatic hydroxyl groups is 3. The van der Waals surface area contributed by atoms with Crippen LogP contribution in [0.3, 0.4) is 0 Å². The van der Waals surface area contributed by atoms with E-state index in [0.29, 0.717) is 42.5 Å². The number of aliphatic carboxylic acids is 2. The second kappa shape index (κ2) is 44.1. The molecule has 18 N–H and O–H groups in total. The van der Waals surface area contributed by atoms with E-state index in [9.17, 15) is 62.6 Å². The summed E-state index contributed by atoms with van der Waals surface area (Å²) >= 11 is 0. The van der Waals surface area contributed by atoms with Crippen LogP contribution in [-0.4, -0.2) is 213 Å². The third-order valence-corrected chi connectivity index (χ3v) is 13.2. The van der Waals surface area contributed by atoms with Gasteiger partial charge in [-0.2, -0.15) is 0 Å². The molecule has 36 heteroatoms. The Bertz CT molecular complexity index is 3040. The quantitative estimate of drug-likeness (QED) is 0.0118. The van der Waals surface area contributed by atoms with E-state index in [-0.39, 0.29) is 101 Å². The fourth-order valence-electron chi connectivity index (χ4n) is 8.18. The van der Waals surface area contributed by atoms with Gasteiger partial charge in [0.25, 0.3) is 17.7 Å². The van der Waals surface area contributed by atoms with Crippen LogP contribution in [0.1, 0.15) is 116 Å². The maximum Gasteiger partial charge on any atom is 0.329 e. The summed E-state index contributed by atoms with van der Waals surface area (Å²) in [5.41, 5.74) is 17.7. The van der Waals surface area contributed by atoms with Crippen molar-refractivity contribution in [1.82, 2.24) is 52.1 Å². The van der Waals surface area contributed by atoms with Gasteiger partial charge < -0.3 is 88.6 Å². The van der Waals surface area contributed by atoms with Crippen molar-refractivity contribution in [1.29, 1.82) is 5.53 Å². The second-order valence-electron chi connectivity index (χ2n) is 20.8. The molecule has 35 nitrogen and oxygen atoms in total. The molecule has 0 spiro atoms. The predicted molar refractivity (Wildman–Crippen MR) is 330 cm³/mol. The molecule has 0 saturated carbocycles. The Morgan fingerprint density at radius 1 is 0.819 bits per heavy atom. The Hall–Kier alpha value is -9.48. The van der Waals surface area contributed by atoms with Crippen LogP contribution in [0.2, 0.25) is 0 Å². The predicted octanol–water partition coefficient (Wildman–Crippen LogP) is -1.92. The molecule has 94 heavy (non-hydrogen) atoms. The molecular weight excluding hydrogens is 1320 g/mol. The van der Waals surface area contributed by atoms with Crippen molar-refractivity contribution in [2.24, 2.45) is 27.5 Å². The minimum atomic E-state index is -1.55. The molecule has 8 amide bonds. The van der Waals surface area contributed by atoms with Gasteiger partial charge in [0.2, 0.25) is 29.5 Å². The number of aliphatic hydroxyl groups excluding tert-OH is 3. The van der Waals surface area contributed by atoms with Gasteiger partial charge in [0, 0.05) is 88.6 Å². The standard InChI is InChI=1S/C38H53N13O9.C14H18N2O5.C6H13NO5.Tc/c1-21(2)32-37(60)51(3)27(8-7-13-43-38(39)40)36(59)46-20-30(53)48-26(17-31(54)55)35(58)45-18-22-14-24(34(57)49-32)16-25(15-22)47-29(52)9-5-4-6-12-42-33(56)23-10-11-28(50-41)44-19-23;1-3-20-12(17)9-11(14(19)21-4-2)16-13(18)10-5-7-15-8-6-10;8-2-6(3-9,4-10)7-1-5(11)12;/h10-11,14-16,19,21,26-27,32,41H,4-9,12-13,17-18,20H2,1-3H3,(H,42,56)(H,45,58)(H,46,59)(H,47,52)(H,48,53)(H,49,57)(H,54,55)(H4,39,40,43);5-8,11H,3-4,9H2,1-2H3,(H,16,18);7-10H,1-4H2,(H,11,12);/t26-,27-,32+;;;/m0.../s1. The Kier molecular flexibility index (Phi) is 38.7. The second-order valence-corrected chi connectivity index (χ2v) is 20.8. The van der Waals surface area contributed by atoms with Crippen LogP contribution >= 0.6 is 0 Å². The van der Waals surface area contributed by atoms with Gasteiger partial charge in [-0.25, -0.2) is 15.3 Å². The third-order valence-electron chi connectivity index (χ3n) is 13.2. The van der Waals surface area contributed by atoms with Gasteiger partial charge >= 0.3 is 23.9 Å². The van der Waals surface area contributed by atoms with E-state index in [1.54, 1.807) is 27.7 Å². The van der Waals surface area contributed by atoms with E-state index in [1.165, 1.54) is 68.1 Å². The van der Waals surface area contributed by atoms with Gasteiger partial charge in [-0.05, 0) is 93.5 Å². The molecule has 4 rings (SSSR count). The monoisotopic (exact) mass is 1410 g/mol. The number of aromatic nitrogens is 2. The summed E-state index contributed by atoms with van der Waals surface area (Å²) in [7, 11) is 1.38. The molecule has 1 radical (unpaired) electrons. The number of anilines is 1. The molecule has 517 valence electrons. The van der Waals surface area contributed by atoms with Crippen molar-refractivity contribution in [3.05, 3.63) is 83.3 Å². The zero-order chi connectivity index (χ0) is 69.6. The molecule has 1 aromatic carbocycles. The molecule has 1 aliphatic heterocycles. The first-order chi connectivity index (χ1) is 44.2. The zero-order valence-corrected chi connectivity index (χ0v) is 54.5. The van der Waals surface area contributed by atoms with Crippen LogP contribution in [0.15, 0.2) is 71.2 Å². The zero-order valence-electron chi connectivity index (χ0n) is 52.6. The number of carbonyl (C=O) groups is 12. The fourth-order valence-corrected chi connectivity index (χ4v) is 8.18. The normalized spacial score (nSPS) is 15.4. The summed E-state index contributed by atoms with van der Waals surface area (Å²) in [6.45, 7) is 4.65. The Morgan fingerprint density at radius 2 is 1.48 bits per heavy atom. The van der Waals surface area contributed by atoms with Crippen molar-refractivity contribution >= 4 is 88.6 Å².